The van der Waals surface area contributed by atoms with Gasteiger partial charge >= 0.3 is 0 Å². The number of carbonyl (C=O) groups is 1. The summed E-state index contributed by atoms with van der Waals surface area (Å²) in [4.78, 5) is 25.3. The molecule has 0 aliphatic rings. The SMILES string of the molecule is CCCC(=O)Nc1ccc2c(c1)ncn2-c1ccnc(NC(C)c2ccccc2)n1. The molecule has 4 aromatic rings. The van der Waals surface area contributed by atoms with Crippen molar-refractivity contribution in [3.63, 3.8) is 0 Å². The van der Waals surface area contributed by atoms with Crippen molar-refractivity contribution in [3.05, 3.63) is 72.7 Å². The fraction of sp³-hybridized carbons (Fsp3) is 0.217. The van der Waals surface area contributed by atoms with Crippen LogP contribution < -0.4 is 10.6 Å². The van der Waals surface area contributed by atoms with Gasteiger partial charge in [0.05, 0.1) is 17.1 Å². The number of hydrogen-bond acceptors (Lipinski definition) is 5. The quantitative estimate of drug-likeness (QED) is 0.469. The van der Waals surface area contributed by atoms with Crippen LogP contribution in [0, 0.1) is 0 Å². The second-order valence-electron chi connectivity index (χ2n) is 7.13. The van der Waals surface area contributed by atoms with Gasteiger partial charge in [-0.3, -0.25) is 9.36 Å². The highest BCUT2D eigenvalue weighted by Gasteiger charge is 2.11. The number of anilines is 2. The average Bonchev–Trinajstić information content (AvgIpc) is 3.18. The van der Waals surface area contributed by atoms with Gasteiger partial charge in [-0.1, -0.05) is 37.3 Å². The van der Waals surface area contributed by atoms with Crippen molar-refractivity contribution in [1.82, 2.24) is 19.5 Å². The zero-order chi connectivity index (χ0) is 20.9. The first-order chi connectivity index (χ1) is 14.6. The Kier molecular flexibility index (Phi) is 5.70. The lowest BCUT2D eigenvalue weighted by Crippen LogP contribution is -2.11. The molecule has 2 aromatic heterocycles. The standard InChI is InChI=1S/C23H24N6O/c1-3-7-22(30)27-18-10-11-20-19(14-18)25-15-29(20)21-12-13-24-23(28-21)26-16(2)17-8-5-4-6-9-17/h4-6,8-16H,3,7H2,1-2H3,(H,27,30)(H,24,26,28). The molecule has 7 heteroatoms. The summed E-state index contributed by atoms with van der Waals surface area (Å²) >= 11 is 0. The molecule has 152 valence electrons. The van der Waals surface area contributed by atoms with E-state index in [1.54, 1.807) is 12.5 Å². The molecule has 2 aromatic carbocycles. The van der Waals surface area contributed by atoms with Gasteiger partial charge in [-0.2, -0.15) is 4.98 Å². The highest BCUT2D eigenvalue weighted by atomic mass is 16.1. The first-order valence-electron chi connectivity index (χ1n) is 10.1. The summed E-state index contributed by atoms with van der Waals surface area (Å²) in [6, 6.07) is 17.8. The monoisotopic (exact) mass is 400 g/mol. The van der Waals surface area contributed by atoms with E-state index in [-0.39, 0.29) is 11.9 Å². The molecule has 0 aliphatic carbocycles. The largest absolute Gasteiger partial charge is 0.348 e. The van der Waals surface area contributed by atoms with Gasteiger partial charge in [-0.15, -0.1) is 0 Å². The number of benzene rings is 2. The summed E-state index contributed by atoms with van der Waals surface area (Å²) in [5.41, 5.74) is 3.60. The van der Waals surface area contributed by atoms with Crippen LogP contribution in [-0.4, -0.2) is 25.4 Å². The number of nitrogens with one attached hydrogen (secondary N) is 2. The lowest BCUT2D eigenvalue weighted by atomic mass is 10.1. The Bertz CT molecular complexity index is 1150. The molecule has 0 spiro atoms. The maximum atomic E-state index is 11.8. The zero-order valence-electron chi connectivity index (χ0n) is 17.0. The second kappa shape index (κ2) is 8.73. The molecule has 1 amide bonds. The lowest BCUT2D eigenvalue weighted by molar-refractivity contribution is -0.116. The van der Waals surface area contributed by atoms with Crippen LogP contribution in [0.4, 0.5) is 11.6 Å². The fourth-order valence-corrected chi connectivity index (χ4v) is 3.30. The Morgan fingerprint density at radius 3 is 2.73 bits per heavy atom. The van der Waals surface area contributed by atoms with Gasteiger partial charge in [0.1, 0.15) is 12.1 Å². The van der Waals surface area contributed by atoms with E-state index in [0.29, 0.717) is 12.4 Å². The van der Waals surface area contributed by atoms with Crippen LogP contribution in [0.3, 0.4) is 0 Å². The molecule has 1 atom stereocenters. The number of hydrogen-bond donors (Lipinski definition) is 2. The van der Waals surface area contributed by atoms with Crippen LogP contribution in [0.25, 0.3) is 16.9 Å². The summed E-state index contributed by atoms with van der Waals surface area (Å²) in [7, 11) is 0. The fourth-order valence-electron chi connectivity index (χ4n) is 3.30. The van der Waals surface area contributed by atoms with E-state index in [9.17, 15) is 4.79 Å². The van der Waals surface area contributed by atoms with Crippen LogP contribution >= 0.6 is 0 Å². The van der Waals surface area contributed by atoms with E-state index in [4.69, 9.17) is 0 Å². The van der Waals surface area contributed by atoms with E-state index in [2.05, 4.69) is 44.6 Å². The van der Waals surface area contributed by atoms with Gasteiger partial charge in [-0.05, 0) is 43.2 Å². The Labute approximate surface area is 175 Å². The molecular weight excluding hydrogens is 376 g/mol. The molecule has 0 saturated heterocycles. The number of amides is 1. The summed E-state index contributed by atoms with van der Waals surface area (Å²) in [5.74, 6) is 1.28. The van der Waals surface area contributed by atoms with Crippen molar-refractivity contribution in [1.29, 1.82) is 0 Å². The van der Waals surface area contributed by atoms with E-state index < -0.39 is 0 Å². The Morgan fingerprint density at radius 1 is 1.10 bits per heavy atom. The van der Waals surface area contributed by atoms with Crippen molar-refractivity contribution >= 4 is 28.6 Å². The number of imidazole rings is 1. The maximum Gasteiger partial charge on any atom is 0.225 e. The third kappa shape index (κ3) is 4.30. The Hall–Kier alpha value is -3.74. The molecule has 0 bridgehead atoms. The number of fused-ring (bicyclic) bond motifs is 1. The van der Waals surface area contributed by atoms with E-state index in [0.717, 1.165) is 34.5 Å². The lowest BCUT2D eigenvalue weighted by Gasteiger charge is -2.14. The van der Waals surface area contributed by atoms with Gasteiger partial charge in [0.15, 0.2) is 0 Å². The van der Waals surface area contributed by atoms with Crippen molar-refractivity contribution < 1.29 is 4.79 Å². The highest BCUT2D eigenvalue weighted by molar-refractivity contribution is 5.93. The van der Waals surface area contributed by atoms with Crippen molar-refractivity contribution in [2.75, 3.05) is 10.6 Å². The molecule has 0 aliphatic heterocycles. The summed E-state index contributed by atoms with van der Waals surface area (Å²) in [6.07, 6.45) is 4.78. The van der Waals surface area contributed by atoms with E-state index >= 15 is 0 Å². The summed E-state index contributed by atoms with van der Waals surface area (Å²) in [6.45, 7) is 4.06. The number of carbonyl (C=O) groups excluding carboxylic acids is 1. The average molecular weight is 400 g/mol. The van der Waals surface area contributed by atoms with Gasteiger partial charge in [-0.25, -0.2) is 9.97 Å². The summed E-state index contributed by atoms with van der Waals surface area (Å²) in [5, 5.41) is 6.25. The van der Waals surface area contributed by atoms with Crippen molar-refractivity contribution in [3.8, 4) is 5.82 Å². The normalized spacial score (nSPS) is 11.9. The highest BCUT2D eigenvalue weighted by Crippen LogP contribution is 2.22. The van der Waals surface area contributed by atoms with Gasteiger partial charge < -0.3 is 10.6 Å². The molecular formula is C23H24N6O. The van der Waals surface area contributed by atoms with Crippen molar-refractivity contribution in [2.45, 2.75) is 32.7 Å². The predicted molar refractivity (Wildman–Crippen MR) is 119 cm³/mol. The molecule has 4 rings (SSSR count). The smallest absolute Gasteiger partial charge is 0.225 e. The first kappa shape index (κ1) is 19.6. The molecule has 2 N–H and O–H groups in total. The number of nitrogens with zero attached hydrogens (tertiary/aromatic N) is 4. The summed E-state index contributed by atoms with van der Waals surface area (Å²) < 4.78 is 1.91. The third-order valence-electron chi connectivity index (χ3n) is 4.84. The molecule has 2 heterocycles. The minimum absolute atomic E-state index is 0.00957. The molecule has 1 unspecified atom stereocenters. The van der Waals surface area contributed by atoms with Crippen LogP contribution in [0.15, 0.2) is 67.1 Å². The van der Waals surface area contributed by atoms with E-state index in [1.165, 1.54) is 0 Å². The van der Waals surface area contributed by atoms with Crippen LogP contribution in [-0.2, 0) is 4.79 Å². The predicted octanol–water partition coefficient (Wildman–Crippen LogP) is 4.73. The van der Waals surface area contributed by atoms with E-state index in [1.807, 2.05) is 54.0 Å². The molecule has 30 heavy (non-hydrogen) atoms. The second-order valence-corrected chi connectivity index (χ2v) is 7.13. The van der Waals surface area contributed by atoms with Gasteiger partial charge in [0.25, 0.3) is 0 Å². The van der Waals surface area contributed by atoms with Gasteiger partial charge in [0.2, 0.25) is 11.9 Å². The number of rotatable bonds is 7. The third-order valence-corrected chi connectivity index (χ3v) is 4.84. The molecule has 0 saturated carbocycles. The first-order valence-corrected chi connectivity index (χ1v) is 10.1. The molecule has 7 nitrogen and oxygen atoms in total. The minimum Gasteiger partial charge on any atom is -0.348 e. The Balaban J connectivity index is 1.56. The zero-order valence-corrected chi connectivity index (χ0v) is 17.0. The van der Waals surface area contributed by atoms with Gasteiger partial charge in [0, 0.05) is 18.3 Å². The molecule has 0 fully saturated rings. The minimum atomic E-state index is 0.00957. The van der Waals surface area contributed by atoms with Crippen LogP contribution in [0.2, 0.25) is 0 Å². The topological polar surface area (TPSA) is 84.7 Å². The number of aromatic nitrogens is 4. The van der Waals surface area contributed by atoms with Crippen LogP contribution in [0.5, 0.6) is 0 Å². The van der Waals surface area contributed by atoms with Crippen molar-refractivity contribution in [2.24, 2.45) is 0 Å². The Morgan fingerprint density at radius 2 is 1.93 bits per heavy atom. The maximum absolute atomic E-state index is 11.8. The van der Waals surface area contributed by atoms with Crippen LogP contribution in [0.1, 0.15) is 38.3 Å². The molecule has 0 radical (unpaired) electrons.